The lowest BCUT2D eigenvalue weighted by atomic mass is 9.88. The van der Waals surface area contributed by atoms with E-state index in [1.54, 1.807) is 31.5 Å². The van der Waals surface area contributed by atoms with Gasteiger partial charge in [-0.3, -0.25) is 4.90 Å². The van der Waals surface area contributed by atoms with E-state index in [2.05, 4.69) is 20.9 Å². The Hall–Kier alpha value is -4.15. The summed E-state index contributed by atoms with van der Waals surface area (Å²) >= 11 is 5.95. The van der Waals surface area contributed by atoms with Crippen molar-refractivity contribution in [2.75, 3.05) is 13.1 Å². The molecule has 1 fully saturated rings. The Morgan fingerprint density at radius 1 is 1.20 bits per heavy atom. The Morgan fingerprint density at radius 2 is 2.02 bits per heavy atom. The molecule has 0 bridgehead atoms. The number of aliphatic carboxylic acids is 1. The monoisotopic (exact) mass is 578 g/mol. The molecule has 2 aliphatic rings. The number of nitrogens with zero attached hydrogens (tertiary/aromatic N) is 4. The van der Waals surface area contributed by atoms with Crippen LogP contribution in [0.15, 0.2) is 65.5 Å². The highest BCUT2D eigenvalue weighted by Gasteiger charge is 2.43. The van der Waals surface area contributed by atoms with Gasteiger partial charge in [-0.15, -0.1) is 0 Å². The molecule has 4 aromatic rings. The number of rotatable bonds is 8. The number of carbonyl (C=O) groups is 1. The maximum absolute atomic E-state index is 14.8. The average Bonchev–Trinajstić information content (AvgIpc) is 3.67. The molecule has 0 amide bonds. The predicted octanol–water partition coefficient (Wildman–Crippen LogP) is 5.83. The molecule has 0 spiro atoms. The molecule has 212 valence electrons. The van der Waals surface area contributed by atoms with Gasteiger partial charge in [0.1, 0.15) is 24.4 Å². The Labute approximate surface area is 240 Å². The average molecular weight is 579 g/mol. The van der Waals surface area contributed by atoms with Gasteiger partial charge < -0.3 is 23.6 Å². The van der Waals surface area contributed by atoms with E-state index in [1.807, 2.05) is 16.7 Å². The van der Waals surface area contributed by atoms with Gasteiger partial charge >= 0.3 is 5.97 Å². The number of ether oxygens (including phenoxy) is 2. The number of oxazole rings is 1. The van der Waals surface area contributed by atoms with Crippen molar-refractivity contribution >= 4 is 23.6 Å². The molecule has 0 saturated carbocycles. The smallest absolute Gasteiger partial charge is 0.328 e. The molecule has 1 N–H and O–H groups in total. The van der Waals surface area contributed by atoms with E-state index in [0.717, 1.165) is 43.4 Å². The number of benzene rings is 2. The quantitative estimate of drug-likeness (QED) is 0.260. The molecule has 9 nitrogen and oxygen atoms in total. The van der Waals surface area contributed by atoms with Gasteiger partial charge in [0.2, 0.25) is 5.89 Å². The lowest BCUT2D eigenvalue weighted by molar-refractivity contribution is -0.131. The van der Waals surface area contributed by atoms with Gasteiger partial charge in [-0.2, -0.15) is 0 Å². The van der Waals surface area contributed by atoms with Crippen LogP contribution in [0.25, 0.3) is 6.08 Å². The molecule has 4 heterocycles. The SMILES string of the molecule is CC1(c2ccc(Cl)cc2F)Oc2cccc(C3CCN(Cc4ncc(/C=C/C(=O)O)n4Cc4ncco4)CC3)c2O1. The number of hydrogen-bond donors (Lipinski definition) is 1. The summed E-state index contributed by atoms with van der Waals surface area (Å²) < 4.78 is 34.6. The zero-order chi connectivity index (χ0) is 28.6. The molecular formula is C30H28ClFN4O5. The second-order valence-electron chi connectivity index (χ2n) is 10.3. The van der Waals surface area contributed by atoms with Crippen molar-refractivity contribution in [2.45, 2.75) is 44.6 Å². The summed E-state index contributed by atoms with van der Waals surface area (Å²) in [5.74, 6) is -0.00737. The summed E-state index contributed by atoms with van der Waals surface area (Å²) in [6.07, 6.45) is 9.14. The lowest BCUT2D eigenvalue weighted by Gasteiger charge is -2.32. The van der Waals surface area contributed by atoms with Gasteiger partial charge in [-0.1, -0.05) is 23.7 Å². The molecule has 2 aromatic heterocycles. The first-order valence-electron chi connectivity index (χ1n) is 13.3. The topological polar surface area (TPSA) is 103 Å². The van der Waals surface area contributed by atoms with E-state index in [-0.39, 0.29) is 11.5 Å². The largest absolute Gasteiger partial charge is 0.478 e. The Bertz CT molecular complexity index is 1600. The third kappa shape index (κ3) is 5.57. The summed E-state index contributed by atoms with van der Waals surface area (Å²) in [6.45, 7) is 4.30. The number of halogens is 2. The summed E-state index contributed by atoms with van der Waals surface area (Å²) in [7, 11) is 0. The summed E-state index contributed by atoms with van der Waals surface area (Å²) in [4.78, 5) is 22.2. The molecule has 6 rings (SSSR count). The number of aromatic nitrogens is 3. The number of fused-ring (bicyclic) bond motifs is 1. The summed E-state index contributed by atoms with van der Waals surface area (Å²) in [5.41, 5.74) is 2.00. The first-order chi connectivity index (χ1) is 19.8. The molecule has 1 atom stereocenters. The number of hydrogen-bond acceptors (Lipinski definition) is 7. The maximum atomic E-state index is 14.8. The molecular weight excluding hydrogens is 551 g/mol. The second kappa shape index (κ2) is 11.0. The highest BCUT2D eigenvalue weighted by atomic mass is 35.5. The number of carboxylic acid groups (broad SMARTS) is 1. The van der Waals surface area contributed by atoms with Crippen LogP contribution in [0.3, 0.4) is 0 Å². The van der Waals surface area contributed by atoms with Crippen LogP contribution >= 0.6 is 11.6 Å². The van der Waals surface area contributed by atoms with Crippen LogP contribution < -0.4 is 9.47 Å². The fourth-order valence-corrected chi connectivity index (χ4v) is 5.69. The van der Waals surface area contributed by atoms with E-state index in [4.69, 9.17) is 30.6 Å². The van der Waals surface area contributed by atoms with Crippen LogP contribution in [0.1, 0.15) is 54.2 Å². The first kappa shape index (κ1) is 27.0. The molecule has 1 unspecified atom stereocenters. The highest BCUT2D eigenvalue weighted by molar-refractivity contribution is 6.30. The van der Waals surface area contributed by atoms with Crippen molar-refractivity contribution in [1.29, 1.82) is 0 Å². The molecule has 41 heavy (non-hydrogen) atoms. The third-order valence-electron chi connectivity index (χ3n) is 7.57. The minimum absolute atomic E-state index is 0.239. The van der Waals surface area contributed by atoms with Crippen LogP contribution in [0.2, 0.25) is 5.02 Å². The summed E-state index contributed by atoms with van der Waals surface area (Å²) in [6, 6.07) is 10.3. The van der Waals surface area contributed by atoms with E-state index in [0.29, 0.717) is 41.2 Å². The Morgan fingerprint density at radius 3 is 2.76 bits per heavy atom. The van der Waals surface area contributed by atoms with Gasteiger partial charge in [0.25, 0.3) is 5.79 Å². The van der Waals surface area contributed by atoms with Crippen molar-refractivity contribution in [3.05, 3.63) is 101 Å². The summed E-state index contributed by atoms with van der Waals surface area (Å²) in [5, 5.41) is 9.39. The standard InChI is InChI=1S/C30H28ClFN4O5/c1-30(23-7-5-20(31)15-24(23)32)40-25-4-2-3-22(29(25)41-30)19-9-12-35(13-10-19)17-26-34-16-21(6-8-28(37)38)36(26)18-27-33-11-14-39-27/h2-8,11,14-16,19H,9-10,12-13,17-18H2,1H3,(H,37,38)/b8-6+. The number of likely N-dealkylation sites (tertiary alicyclic amines) is 1. The van der Waals surface area contributed by atoms with E-state index in [1.165, 1.54) is 18.4 Å². The van der Waals surface area contributed by atoms with Crippen molar-refractivity contribution in [1.82, 2.24) is 19.4 Å². The molecule has 11 heteroatoms. The first-order valence-corrected chi connectivity index (χ1v) is 13.7. The van der Waals surface area contributed by atoms with Crippen LogP contribution in [-0.2, 0) is 23.7 Å². The van der Waals surface area contributed by atoms with Crippen molar-refractivity contribution < 1.29 is 28.2 Å². The van der Waals surface area contributed by atoms with Gasteiger partial charge in [0.05, 0.1) is 30.2 Å². The molecule has 2 aliphatic heterocycles. The number of piperidine rings is 1. The zero-order valence-corrected chi connectivity index (χ0v) is 23.1. The normalized spacial score (nSPS) is 19.3. The molecule has 2 aromatic carbocycles. The van der Waals surface area contributed by atoms with Gasteiger partial charge in [-0.05, 0) is 62.2 Å². The van der Waals surface area contributed by atoms with Gasteiger partial charge in [0.15, 0.2) is 11.5 Å². The maximum Gasteiger partial charge on any atom is 0.328 e. The second-order valence-corrected chi connectivity index (χ2v) is 10.7. The molecule has 0 aliphatic carbocycles. The van der Waals surface area contributed by atoms with Crippen LogP contribution in [-0.4, -0.2) is 43.6 Å². The zero-order valence-electron chi connectivity index (χ0n) is 22.3. The predicted molar refractivity (Wildman–Crippen MR) is 148 cm³/mol. The highest BCUT2D eigenvalue weighted by Crippen LogP contribution is 2.49. The van der Waals surface area contributed by atoms with Crippen molar-refractivity contribution in [2.24, 2.45) is 0 Å². The van der Waals surface area contributed by atoms with Gasteiger partial charge in [-0.25, -0.2) is 19.2 Å². The third-order valence-corrected chi connectivity index (χ3v) is 7.80. The lowest BCUT2D eigenvalue weighted by Crippen LogP contribution is -2.34. The molecule has 0 radical (unpaired) electrons. The van der Waals surface area contributed by atoms with Crippen LogP contribution in [0.4, 0.5) is 4.39 Å². The minimum Gasteiger partial charge on any atom is -0.478 e. The Balaban J connectivity index is 1.16. The number of para-hydroxylation sites is 1. The van der Waals surface area contributed by atoms with Gasteiger partial charge in [0, 0.05) is 23.6 Å². The van der Waals surface area contributed by atoms with E-state index >= 15 is 0 Å². The van der Waals surface area contributed by atoms with Crippen molar-refractivity contribution in [3.8, 4) is 11.5 Å². The van der Waals surface area contributed by atoms with Crippen LogP contribution in [0, 0.1) is 5.82 Å². The minimum atomic E-state index is -1.29. The van der Waals surface area contributed by atoms with E-state index < -0.39 is 17.6 Å². The van der Waals surface area contributed by atoms with E-state index in [9.17, 15) is 9.18 Å². The fraction of sp³-hybridized carbons (Fsp3) is 0.300. The molecule has 1 saturated heterocycles. The fourth-order valence-electron chi connectivity index (χ4n) is 5.53. The van der Waals surface area contributed by atoms with Crippen molar-refractivity contribution in [3.63, 3.8) is 0 Å². The number of imidazole rings is 1. The Kier molecular flexibility index (Phi) is 7.27. The van der Waals surface area contributed by atoms with Crippen LogP contribution in [0.5, 0.6) is 11.5 Å². The number of carboxylic acids is 1.